The molecular weight excluding hydrogens is 254 g/mol. The van der Waals surface area contributed by atoms with Crippen LogP contribution < -0.4 is 9.47 Å². The number of hydrogen-bond donors (Lipinski definition) is 1. The highest BCUT2D eigenvalue weighted by Gasteiger charge is 2.08. The van der Waals surface area contributed by atoms with Gasteiger partial charge in [0.1, 0.15) is 18.1 Å². The third-order valence-electron chi connectivity index (χ3n) is 2.22. The van der Waals surface area contributed by atoms with Crippen LogP contribution in [0.3, 0.4) is 0 Å². The Hall–Kier alpha value is -2.08. The van der Waals surface area contributed by atoms with E-state index in [4.69, 9.17) is 14.6 Å². The quantitative estimate of drug-likeness (QED) is 0.899. The third-order valence-corrected chi connectivity index (χ3v) is 2.98. The van der Waals surface area contributed by atoms with Crippen LogP contribution in [0.2, 0.25) is 0 Å². The topological polar surface area (TPSA) is 68.7 Å². The molecule has 0 bridgehead atoms. The molecule has 1 aromatic heterocycles. The lowest BCUT2D eigenvalue weighted by molar-refractivity contribution is 0.0692. The Morgan fingerprint density at radius 1 is 1.33 bits per heavy atom. The monoisotopic (exact) mass is 265 g/mol. The van der Waals surface area contributed by atoms with Crippen molar-refractivity contribution in [3.63, 3.8) is 0 Å². The number of benzene rings is 1. The number of ether oxygens (including phenoxy) is 2. The average Bonchev–Trinajstić information content (AvgIpc) is 2.86. The molecular formula is C12H11NO4S. The minimum Gasteiger partial charge on any atom is -0.497 e. The summed E-state index contributed by atoms with van der Waals surface area (Å²) >= 11 is 1.12. The fourth-order valence-electron chi connectivity index (χ4n) is 1.31. The summed E-state index contributed by atoms with van der Waals surface area (Å²) in [5.74, 6) is 0.427. The Balaban J connectivity index is 1.95. The molecule has 6 heteroatoms. The van der Waals surface area contributed by atoms with Crippen LogP contribution in [0.25, 0.3) is 0 Å². The SMILES string of the molecule is COc1ccc(OCc2cc(C(=O)O)ns2)cc1. The first-order valence-electron chi connectivity index (χ1n) is 5.15. The average molecular weight is 265 g/mol. The highest BCUT2D eigenvalue weighted by Crippen LogP contribution is 2.19. The Morgan fingerprint density at radius 2 is 2.00 bits per heavy atom. The van der Waals surface area contributed by atoms with Crippen molar-refractivity contribution in [2.24, 2.45) is 0 Å². The molecule has 18 heavy (non-hydrogen) atoms. The van der Waals surface area contributed by atoms with Crippen molar-refractivity contribution in [1.82, 2.24) is 4.37 Å². The highest BCUT2D eigenvalue weighted by atomic mass is 32.1. The van der Waals surface area contributed by atoms with E-state index in [0.29, 0.717) is 12.4 Å². The zero-order valence-corrected chi connectivity index (χ0v) is 10.4. The second-order valence-electron chi connectivity index (χ2n) is 3.45. The van der Waals surface area contributed by atoms with Crippen molar-refractivity contribution in [1.29, 1.82) is 0 Å². The lowest BCUT2D eigenvalue weighted by atomic mass is 10.3. The molecule has 1 N–H and O–H groups in total. The van der Waals surface area contributed by atoms with Crippen LogP contribution in [0.4, 0.5) is 0 Å². The summed E-state index contributed by atoms with van der Waals surface area (Å²) in [4.78, 5) is 11.4. The molecule has 0 saturated heterocycles. The maximum atomic E-state index is 10.6. The number of aromatic carboxylic acids is 1. The van der Waals surface area contributed by atoms with E-state index in [1.54, 1.807) is 31.4 Å². The number of carbonyl (C=O) groups is 1. The van der Waals surface area contributed by atoms with E-state index in [0.717, 1.165) is 22.2 Å². The van der Waals surface area contributed by atoms with Gasteiger partial charge in [0.25, 0.3) is 0 Å². The third kappa shape index (κ3) is 2.98. The Kier molecular flexibility index (Phi) is 3.78. The van der Waals surface area contributed by atoms with Gasteiger partial charge in [-0.25, -0.2) is 4.79 Å². The minimum atomic E-state index is -1.03. The predicted octanol–water partition coefficient (Wildman–Crippen LogP) is 2.43. The summed E-state index contributed by atoms with van der Waals surface area (Å²) in [7, 11) is 1.60. The van der Waals surface area contributed by atoms with E-state index >= 15 is 0 Å². The first-order chi connectivity index (χ1) is 8.69. The van der Waals surface area contributed by atoms with E-state index in [1.165, 1.54) is 6.07 Å². The first-order valence-corrected chi connectivity index (χ1v) is 5.92. The van der Waals surface area contributed by atoms with Crippen molar-refractivity contribution < 1.29 is 19.4 Å². The van der Waals surface area contributed by atoms with Gasteiger partial charge in [0.2, 0.25) is 0 Å². The maximum absolute atomic E-state index is 10.6. The molecule has 0 spiro atoms. The van der Waals surface area contributed by atoms with Crippen molar-refractivity contribution in [3.05, 3.63) is 40.9 Å². The molecule has 0 aliphatic carbocycles. The van der Waals surface area contributed by atoms with Crippen molar-refractivity contribution in [3.8, 4) is 11.5 Å². The van der Waals surface area contributed by atoms with Gasteiger partial charge < -0.3 is 14.6 Å². The van der Waals surface area contributed by atoms with E-state index in [9.17, 15) is 4.79 Å². The second-order valence-corrected chi connectivity index (χ2v) is 4.34. The van der Waals surface area contributed by atoms with Gasteiger partial charge in [-0.15, -0.1) is 0 Å². The summed E-state index contributed by atoms with van der Waals surface area (Å²) < 4.78 is 14.3. The summed E-state index contributed by atoms with van der Waals surface area (Å²) in [5.41, 5.74) is 0.0494. The zero-order valence-electron chi connectivity index (χ0n) is 9.62. The predicted molar refractivity (Wildman–Crippen MR) is 66.4 cm³/mol. The maximum Gasteiger partial charge on any atom is 0.355 e. The van der Waals surface area contributed by atoms with Crippen LogP contribution in [0.1, 0.15) is 15.4 Å². The molecule has 0 radical (unpaired) electrons. The van der Waals surface area contributed by atoms with Crippen LogP contribution in [0, 0.1) is 0 Å². The number of carboxylic acid groups (broad SMARTS) is 1. The summed E-state index contributed by atoms with van der Waals surface area (Å²) in [6.07, 6.45) is 0. The minimum absolute atomic E-state index is 0.0494. The van der Waals surface area contributed by atoms with Gasteiger partial charge in [-0.3, -0.25) is 0 Å². The van der Waals surface area contributed by atoms with Crippen molar-refractivity contribution in [2.45, 2.75) is 6.61 Å². The molecule has 0 aliphatic heterocycles. The van der Waals surface area contributed by atoms with Gasteiger partial charge in [-0.05, 0) is 41.9 Å². The van der Waals surface area contributed by atoms with Gasteiger partial charge in [-0.2, -0.15) is 4.37 Å². The molecule has 94 valence electrons. The molecule has 1 aromatic carbocycles. The molecule has 2 aromatic rings. The molecule has 0 aliphatic rings. The lowest BCUT2D eigenvalue weighted by Crippen LogP contribution is -1.96. The first kappa shape index (κ1) is 12.4. The largest absolute Gasteiger partial charge is 0.497 e. The molecule has 0 amide bonds. The molecule has 5 nitrogen and oxygen atoms in total. The molecule has 1 heterocycles. The Labute approximate surface area is 108 Å². The number of nitrogens with zero attached hydrogens (tertiary/aromatic N) is 1. The lowest BCUT2D eigenvalue weighted by Gasteiger charge is -2.05. The fourth-order valence-corrected chi connectivity index (χ4v) is 1.93. The van der Waals surface area contributed by atoms with Gasteiger partial charge in [0, 0.05) is 0 Å². The molecule has 0 fully saturated rings. The number of aromatic nitrogens is 1. The zero-order chi connectivity index (χ0) is 13.0. The standard InChI is InChI=1S/C12H11NO4S/c1-16-8-2-4-9(5-3-8)17-7-10-6-11(12(14)15)13-18-10/h2-6H,7H2,1H3,(H,14,15). The van der Waals surface area contributed by atoms with E-state index < -0.39 is 5.97 Å². The van der Waals surface area contributed by atoms with Gasteiger partial charge in [0.05, 0.1) is 12.0 Å². The molecule has 0 atom stereocenters. The van der Waals surface area contributed by atoms with Crippen molar-refractivity contribution >= 4 is 17.5 Å². The number of methoxy groups -OCH3 is 1. The second kappa shape index (κ2) is 5.50. The fraction of sp³-hybridized carbons (Fsp3) is 0.167. The normalized spacial score (nSPS) is 10.1. The summed E-state index contributed by atoms with van der Waals surface area (Å²) in [5, 5.41) is 8.73. The highest BCUT2D eigenvalue weighted by molar-refractivity contribution is 7.05. The number of carboxylic acids is 1. The smallest absolute Gasteiger partial charge is 0.355 e. The van der Waals surface area contributed by atoms with Gasteiger partial charge in [0.15, 0.2) is 5.69 Å². The number of hydrogen-bond acceptors (Lipinski definition) is 5. The van der Waals surface area contributed by atoms with Crippen LogP contribution in [-0.4, -0.2) is 22.6 Å². The Bertz CT molecular complexity index is 535. The summed E-state index contributed by atoms with van der Waals surface area (Å²) in [6, 6.07) is 8.68. The molecule has 0 saturated carbocycles. The molecule has 2 rings (SSSR count). The van der Waals surface area contributed by atoms with Crippen LogP contribution in [0.15, 0.2) is 30.3 Å². The Morgan fingerprint density at radius 3 is 2.56 bits per heavy atom. The van der Waals surface area contributed by atoms with E-state index in [1.807, 2.05) is 0 Å². The van der Waals surface area contributed by atoms with Crippen LogP contribution >= 0.6 is 11.5 Å². The number of rotatable bonds is 5. The van der Waals surface area contributed by atoms with Crippen LogP contribution in [0.5, 0.6) is 11.5 Å². The summed E-state index contributed by atoms with van der Waals surface area (Å²) in [6.45, 7) is 0.303. The van der Waals surface area contributed by atoms with Gasteiger partial charge >= 0.3 is 5.97 Å². The van der Waals surface area contributed by atoms with Crippen molar-refractivity contribution in [2.75, 3.05) is 7.11 Å². The van der Waals surface area contributed by atoms with Gasteiger partial charge in [-0.1, -0.05) is 0 Å². The van der Waals surface area contributed by atoms with Crippen LogP contribution in [-0.2, 0) is 6.61 Å². The van der Waals surface area contributed by atoms with E-state index in [-0.39, 0.29) is 5.69 Å². The molecule has 0 unspecified atom stereocenters. The van der Waals surface area contributed by atoms with E-state index in [2.05, 4.69) is 4.37 Å².